The average molecular weight is 351 g/mol. The lowest BCUT2D eigenvalue weighted by atomic mass is 10.1. The van der Waals surface area contributed by atoms with E-state index in [-0.39, 0.29) is 24.5 Å². The van der Waals surface area contributed by atoms with Gasteiger partial charge in [0.25, 0.3) is 5.91 Å². The Morgan fingerprint density at radius 3 is 2.83 bits per heavy atom. The fraction of sp³-hybridized carbons (Fsp3) is 0.471. The Bertz CT molecular complexity index is 675. The molecule has 2 saturated heterocycles. The summed E-state index contributed by atoms with van der Waals surface area (Å²) < 4.78 is 4.74. The van der Waals surface area contributed by atoms with Crippen LogP contribution in [0.25, 0.3) is 0 Å². The van der Waals surface area contributed by atoms with E-state index in [1.807, 2.05) is 25.1 Å². The molecule has 0 bridgehead atoms. The van der Waals surface area contributed by atoms with Crippen LogP contribution in [0.4, 0.5) is 4.79 Å². The van der Waals surface area contributed by atoms with Gasteiger partial charge in [-0.05, 0) is 37.0 Å². The monoisotopic (exact) mass is 350 g/mol. The van der Waals surface area contributed by atoms with Gasteiger partial charge in [0.15, 0.2) is 6.61 Å². The smallest absolute Gasteiger partial charge is 0.417 e. The number of amides is 3. The van der Waals surface area contributed by atoms with E-state index in [4.69, 9.17) is 16.3 Å². The molecule has 2 fully saturated rings. The number of hydrogen-bond donors (Lipinski definition) is 0. The van der Waals surface area contributed by atoms with Crippen LogP contribution in [0.15, 0.2) is 18.2 Å². The Kier molecular flexibility index (Phi) is 4.76. The first-order valence-corrected chi connectivity index (χ1v) is 8.35. The highest BCUT2D eigenvalue weighted by molar-refractivity contribution is 6.31. The van der Waals surface area contributed by atoms with Crippen LogP contribution in [0.2, 0.25) is 5.02 Å². The van der Waals surface area contributed by atoms with Crippen LogP contribution < -0.4 is 0 Å². The number of nitrogens with zero attached hydrogens (tertiary/aromatic N) is 2. The number of aryl methyl sites for hydroxylation is 2. The van der Waals surface area contributed by atoms with E-state index in [2.05, 4.69) is 0 Å². The van der Waals surface area contributed by atoms with Gasteiger partial charge in [-0.3, -0.25) is 9.59 Å². The van der Waals surface area contributed by atoms with Crippen molar-refractivity contribution in [1.82, 2.24) is 9.80 Å². The van der Waals surface area contributed by atoms with Gasteiger partial charge in [0, 0.05) is 24.5 Å². The highest BCUT2D eigenvalue weighted by Crippen LogP contribution is 2.22. The predicted molar refractivity (Wildman–Crippen MR) is 87.7 cm³/mol. The average Bonchev–Trinajstić information content (AvgIpc) is 3.15. The zero-order valence-electron chi connectivity index (χ0n) is 13.5. The third-order valence-corrected chi connectivity index (χ3v) is 4.94. The molecule has 3 rings (SSSR count). The second-order valence-corrected chi connectivity index (χ2v) is 6.59. The number of benzene rings is 1. The molecular weight excluding hydrogens is 332 g/mol. The lowest BCUT2D eigenvalue weighted by molar-refractivity contribution is -0.131. The normalized spacial score (nSPS) is 20.7. The number of hydrogen-bond acceptors (Lipinski definition) is 4. The maximum Gasteiger partial charge on any atom is 0.417 e. The van der Waals surface area contributed by atoms with E-state index < -0.39 is 6.09 Å². The molecule has 1 unspecified atom stereocenters. The molecule has 0 radical (unpaired) electrons. The Morgan fingerprint density at radius 1 is 1.38 bits per heavy atom. The molecule has 1 atom stereocenters. The van der Waals surface area contributed by atoms with Crippen molar-refractivity contribution in [2.75, 3.05) is 19.7 Å². The van der Waals surface area contributed by atoms with Crippen molar-refractivity contribution in [2.24, 2.45) is 0 Å². The summed E-state index contributed by atoms with van der Waals surface area (Å²) >= 11 is 6.00. The van der Waals surface area contributed by atoms with Gasteiger partial charge in [-0.15, -0.1) is 0 Å². The van der Waals surface area contributed by atoms with Gasteiger partial charge in [0.1, 0.15) is 0 Å². The molecule has 0 N–H and O–H groups in total. The minimum absolute atomic E-state index is 0.0325. The Hall–Kier alpha value is -2.08. The second-order valence-electron chi connectivity index (χ2n) is 6.18. The molecule has 24 heavy (non-hydrogen) atoms. The van der Waals surface area contributed by atoms with Crippen molar-refractivity contribution in [3.8, 4) is 0 Å². The van der Waals surface area contributed by atoms with E-state index >= 15 is 0 Å². The van der Waals surface area contributed by atoms with E-state index in [0.717, 1.165) is 21.0 Å². The van der Waals surface area contributed by atoms with Gasteiger partial charge >= 0.3 is 6.09 Å². The first kappa shape index (κ1) is 16.8. The van der Waals surface area contributed by atoms with Gasteiger partial charge in [0.2, 0.25) is 5.91 Å². The topological polar surface area (TPSA) is 66.9 Å². The molecule has 0 aliphatic carbocycles. The molecule has 7 heteroatoms. The van der Waals surface area contributed by atoms with Crippen molar-refractivity contribution in [1.29, 1.82) is 0 Å². The molecule has 2 aliphatic heterocycles. The number of ether oxygens (including phenoxy) is 1. The number of likely N-dealkylation sites (tertiary alicyclic amines) is 1. The first-order chi connectivity index (χ1) is 11.5. The van der Waals surface area contributed by atoms with Crippen molar-refractivity contribution in [3.05, 3.63) is 34.3 Å². The summed E-state index contributed by atoms with van der Waals surface area (Å²) in [6, 6.07) is 5.48. The van der Waals surface area contributed by atoms with Crippen molar-refractivity contribution >= 4 is 29.5 Å². The Morgan fingerprint density at radius 2 is 2.17 bits per heavy atom. The third kappa shape index (κ3) is 3.38. The maximum absolute atomic E-state index is 12.4. The van der Waals surface area contributed by atoms with Gasteiger partial charge in [0.05, 0.1) is 6.04 Å². The van der Waals surface area contributed by atoms with Gasteiger partial charge in [-0.1, -0.05) is 23.7 Å². The summed E-state index contributed by atoms with van der Waals surface area (Å²) in [5.74, 6) is -0.291. The lowest BCUT2D eigenvalue weighted by Crippen LogP contribution is -2.42. The fourth-order valence-corrected chi connectivity index (χ4v) is 3.29. The number of halogens is 1. The Balaban J connectivity index is 1.54. The summed E-state index contributed by atoms with van der Waals surface area (Å²) in [5.41, 5.74) is 2.06. The largest absolute Gasteiger partial charge is 0.439 e. The summed E-state index contributed by atoms with van der Waals surface area (Å²) in [5, 5.41) is 0.717. The van der Waals surface area contributed by atoms with Crippen LogP contribution in [0.1, 0.15) is 24.0 Å². The van der Waals surface area contributed by atoms with Crippen LogP contribution in [-0.2, 0) is 20.7 Å². The first-order valence-electron chi connectivity index (χ1n) is 7.97. The number of carbonyl (C=O) groups is 3. The standard InChI is InChI=1S/C17H19ClN2O4/c1-11-8-12(2-4-14(11)18)3-5-15(21)19-7-6-13(9-19)20-16(22)10-24-17(20)23/h2,4,8,13H,3,5-7,9-10H2,1H3. The summed E-state index contributed by atoms with van der Waals surface area (Å²) in [6.07, 6.45) is 1.04. The minimum Gasteiger partial charge on any atom is -0.439 e. The van der Waals surface area contributed by atoms with Crippen molar-refractivity contribution < 1.29 is 19.1 Å². The van der Waals surface area contributed by atoms with E-state index in [1.54, 1.807) is 4.90 Å². The number of cyclic esters (lactones) is 1. The zero-order valence-corrected chi connectivity index (χ0v) is 14.2. The predicted octanol–water partition coefficient (Wildman–Crippen LogP) is 2.16. The molecule has 1 aromatic rings. The molecule has 0 spiro atoms. The molecule has 0 saturated carbocycles. The molecule has 0 aromatic heterocycles. The summed E-state index contributed by atoms with van der Waals surface area (Å²) in [6.45, 7) is 2.68. The summed E-state index contributed by atoms with van der Waals surface area (Å²) in [7, 11) is 0. The molecule has 2 aliphatic rings. The number of rotatable bonds is 4. The van der Waals surface area contributed by atoms with E-state index in [1.165, 1.54) is 0 Å². The minimum atomic E-state index is -0.601. The molecule has 6 nitrogen and oxygen atoms in total. The maximum atomic E-state index is 12.4. The van der Waals surface area contributed by atoms with Gasteiger partial charge in [-0.2, -0.15) is 0 Å². The van der Waals surface area contributed by atoms with Crippen LogP contribution in [0, 0.1) is 6.92 Å². The van der Waals surface area contributed by atoms with Crippen LogP contribution in [-0.4, -0.2) is 53.4 Å². The third-order valence-electron chi connectivity index (χ3n) is 4.52. The molecule has 3 amide bonds. The number of imide groups is 1. The molecular formula is C17H19ClN2O4. The fourth-order valence-electron chi connectivity index (χ4n) is 3.17. The van der Waals surface area contributed by atoms with E-state index in [0.29, 0.717) is 32.4 Å². The van der Waals surface area contributed by atoms with Crippen LogP contribution >= 0.6 is 11.6 Å². The second kappa shape index (κ2) is 6.81. The van der Waals surface area contributed by atoms with Crippen molar-refractivity contribution in [3.63, 3.8) is 0 Å². The SMILES string of the molecule is Cc1cc(CCC(=O)N2CCC(N3C(=O)COC3=O)C2)ccc1Cl. The van der Waals surface area contributed by atoms with Crippen LogP contribution in [0.3, 0.4) is 0 Å². The van der Waals surface area contributed by atoms with E-state index in [9.17, 15) is 14.4 Å². The molecule has 128 valence electrons. The van der Waals surface area contributed by atoms with Crippen molar-refractivity contribution in [2.45, 2.75) is 32.2 Å². The highest BCUT2D eigenvalue weighted by atomic mass is 35.5. The quantitative estimate of drug-likeness (QED) is 0.834. The summed E-state index contributed by atoms with van der Waals surface area (Å²) in [4.78, 5) is 38.5. The zero-order chi connectivity index (χ0) is 17.3. The molecule has 1 aromatic carbocycles. The van der Waals surface area contributed by atoms with Gasteiger partial charge < -0.3 is 9.64 Å². The molecule has 2 heterocycles. The highest BCUT2D eigenvalue weighted by Gasteiger charge is 2.41. The Labute approximate surface area is 145 Å². The van der Waals surface area contributed by atoms with Gasteiger partial charge in [-0.25, -0.2) is 9.69 Å². The lowest BCUT2D eigenvalue weighted by Gasteiger charge is -2.20. The van der Waals surface area contributed by atoms with Crippen LogP contribution in [0.5, 0.6) is 0 Å². The number of carbonyl (C=O) groups excluding carboxylic acids is 3.